The van der Waals surface area contributed by atoms with Gasteiger partial charge >= 0.3 is 18.0 Å². The molecule has 4 aromatic rings. The Morgan fingerprint density at radius 2 is 0.806 bits per heavy atom. The number of rotatable bonds is 8. The average Bonchev–Trinajstić information content (AvgIpc) is 2.80. The third kappa shape index (κ3) is 6.51. The first-order chi connectivity index (χ1) is 17.0. The van der Waals surface area contributed by atoms with Crippen LogP contribution in [-0.2, 0) is 20.2 Å². The average molecular weight is 532 g/mol. The van der Waals surface area contributed by atoms with Crippen molar-refractivity contribution in [1.29, 1.82) is 0 Å². The van der Waals surface area contributed by atoms with E-state index in [2.05, 4.69) is 15.0 Å². The van der Waals surface area contributed by atoms with Gasteiger partial charge in [0, 0.05) is 0 Å². The Morgan fingerprint density at radius 3 is 1.08 bits per heavy atom. The molecule has 0 saturated heterocycles. The molecule has 1 heterocycles. The predicted octanol–water partition coefficient (Wildman–Crippen LogP) is 4.05. The van der Waals surface area contributed by atoms with Crippen LogP contribution in [0.1, 0.15) is 5.56 Å². The van der Waals surface area contributed by atoms with E-state index in [1.807, 2.05) is 19.1 Å². The normalized spacial score (nSPS) is 11.6. The van der Waals surface area contributed by atoms with E-state index in [0.29, 0.717) is 5.75 Å². The second kappa shape index (κ2) is 9.87. The van der Waals surface area contributed by atoms with Crippen molar-refractivity contribution in [1.82, 2.24) is 15.0 Å². The summed E-state index contributed by atoms with van der Waals surface area (Å²) >= 11 is 0. The van der Waals surface area contributed by atoms with E-state index in [1.165, 1.54) is 24.3 Å². The highest BCUT2D eigenvalue weighted by atomic mass is 32.2. The maximum Gasteiger partial charge on any atom is 0.331 e. The first kappa shape index (κ1) is 25.0. The summed E-state index contributed by atoms with van der Waals surface area (Å²) in [6, 6.07) is 15.9. The summed E-state index contributed by atoms with van der Waals surface area (Å²) in [5.41, 5.74) is 1.01. The Balaban J connectivity index is 1.64. The summed E-state index contributed by atoms with van der Waals surface area (Å²) in [6.45, 7) is 1.91. The maximum absolute atomic E-state index is 11.2. The van der Waals surface area contributed by atoms with E-state index in [4.69, 9.17) is 23.3 Å². The van der Waals surface area contributed by atoms with Crippen molar-refractivity contribution >= 4 is 20.2 Å². The molecule has 0 amide bonds. The minimum Gasteiger partial charge on any atom is -0.424 e. The number of aromatic nitrogens is 3. The largest absolute Gasteiger partial charge is 0.424 e. The lowest BCUT2D eigenvalue weighted by molar-refractivity contribution is 0.362. The smallest absolute Gasteiger partial charge is 0.331 e. The molecule has 186 valence electrons. The van der Waals surface area contributed by atoms with Crippen molar-refractivity contribution in [3.8, 4) is 35.3 Å². The molecule has 36 heavy (non-hydrogen) atoms. The van der Waals surface area contributed by atoms with Gasteiger partial charge in [0.1, 0.15) is 17.2 Å². The first-order valence-electron chi connectivity index (χ1n) is 9.97. The molecule has 14 heteroatoms. The molecule has 0 fully saturated rings. The number of benzene rings is 3. The summed E-state index contributed by atoms with van der Waals surface area (Å²) in [7, 11) is -8.76. The monoisotopic (exact) mass is 531 g/mol. The lowest BCUT2D eigenvalue weighted by atomic mass is 10.2. The van der Waals surface area contributed by atoms with Crippen LogP contribution in [0.25, 0.3) is 0 Å². The molecule has 0 saturated carbocycles. The number of aryl methyl sites for hydroxylation is 1. The Hall–Kier alpha value is -4.11. The van der Waals surface area contributed by atoms with Crippen LogP contribution in [0.4, 0.5) is 0 Å². The van der Waals surface area contributed by atoms with E-state index in [0.717, 1.165) is 29.8 Å². The van der Waals surface area contributed by atoms with Crippen LogP contribution in [0, 0.1) is 6.92 Å². The quantitative estimate of drug-likeness (QED) is 0.312. The number of ether oxygens (including phenoxy) is 3. The fourth-order valence-electron chi connectivity index (χ4n) is 2.74. The molecule has 1 aromatic heterocycles. The second-order valence-electron chi connectivity index (χ2n) is 7.20. The highest BCUT2D eigenvalue weighted by Crippen LogP contribution is 2.28. The van der Waals surface area contributed by atoms with Crippen LogP contribution in [0.15, 0.2) is 82.6 Å². The van der Waals surface area contributed by atoms with Gasteiger partial charge < -0.3 is 14.2 Å². The molecule has 0 aliphatic heterocycles. The van der Waals surface area contributed by atoms with Gasteiger partial charge in [0.2, 0.25) is 0 Å². The minimum absolute atomic E-state index is 0.137. The molecule has 0 atom stereocenters. The fraction of sp³-hybridized carbons (Fsp3) is 0.0455. The van der Waals surface area contributed by atoms with Crippen LogP contribution in [0.2, 0.25) is 0 Å². The maximum atomic E-state index is 11.2. The van der Waals surface area contributed by atoms with Crippen LogP contribution in [0.5, 0.6) is 35.3 Å². The molecule has 4 rings (SSSR count). The van der Waals surface area contributed by atoms with Crippen molar-refractivity contribution in [2.24, 2.45) is 0 Å². The zero-order chi connectivity index (χ0) is 25.9. The zero-order valence-corrected chi connectivity index (χ0v) is 20.0. The van der Waals surface area contributed by atoms with Gasteiger partial charge in [-0.15, -0.1) is 15.0 Å². The molecule has 12 nitrogen and oxygen atoms in total. The Kier molecular flexibility index (Phi) is 6.85. The van der Waals surface area contributed by atoms with Gasteiger partial charge in [-0.1, -0.05) is 17.7 Å². The summed E-state index contributed by atoms with van der Waals surface area (Å²) in [5.74, 6) is 0.690. The summed E-state index contributed by atoms with van der Waals surface area (Å²) in [4.78, 5) is 11.5. The van der Waals surface area contributed by atoms with Crippen molar-refractivity contribution in [3.63, 3.8) is 0 Å². The fourth-order valence-corrected chi connectivity index (χ4v) is 3.70. The van der Waals surface area contributed by atoms with Crippen molar-refractivity contribution in [2.75, 3.05) is 0 Å². The van der Waals surface area contributed by atoms with E-state index < -0.39 is 20.2 Å². The molecular weight excluding hydrogens is 514 g/mol. The first-order valence-corrected chi connectivity index (χ1v) is 12.9. The highest BCUT2D eigenvalue weighted by molar-refractivity contribution is 7.86. The van der Waals surface area contributed by atoms with Gasteiger partial charge in [0.25, 0.3) is 20.2 Å². The Morgan fingerprint density at radius 1 is 0.528 bits per heavy atom. The van der Waals surface area contributed by atoms with E-state index in [1.54, 1.807) is 12.1 Å². The van der Waals surface area contributed by atoms with Gasteiger partial charge in [0.05, 0.1) is 9.79 Å². The van der Waals surface area contributed by atoms with Gasteiger partial charge in [-0.05, 0) is 67.6 Å². The molecule has 3 aromatic carbocycles. The second-order valence-corrected chi connectivity index (χ2v) is 10.0. The number of hydrogen-bond acceptors (Lipinski definition) is 10. The molecular formula is C22H17N3O9S2. The van der Waals surface area contributed by atoms with Crippen molar-refractivity contribution in [2.45, 2.75) is 16.7 Å². The van der Waals surface area contributed by atoms with Crippen LogP contribution >= 0.6 is 0 Å². The molecule has 0 aliphatic rings. The number of nitrogens with zero attached hydrogens (tertiary/aromatic N) is 3. The highest BCUT2D eigenvalue weighted by Gasteiger charge is 2.15. The van der Waals surface area contributed by atoms with Crippen LogP contribution in [-0.4, -0.2) is 40.9 Å². The van der Waals surface area contributed by atoms with E-state index >= 15 is 0 Å². The summed E-state index contributed by atoms with van der Waals surface area (Å²) in [6.07, 6.45) is 0. The molecule has 0 bridgehead atoms. The van der Waals surface area contributed by atoms with Crippen molar-refractivity contribution < 1.29 is 40.2 Å². The third-order valence-corrected chi connectivity index (χ3v) is 6.20. The SMILES string of the molecule is Cc1ccc(Oc2nc(Oc3ccc(S(=O)(=O)O)cc3)nc(Oc3ccc(S(=O)(=O)O)cc3)n2)cc1. The number of hydrogen-bond donors (Lipinski definition) is 2. The third-order valence-electron chi connectivity index (χ3n) is 4.47. The lowest BCUT2D eigenvalue weighted by Gasteiger charge is -2.10. The summed E-state index contributed by atoms with van der Waals surface area (Å²) < 4.78 is 80.0. The minimum atomic E-state index is -4.38. The van der Waals surface area contributed by atoms with Gasteiger partial charge in [0.15, 0.2) is 0 Å². The molecule has 0 radical (unpaired) electrons. The molecule has 0 unspecified atom stereocenters. The molecule has 0 spiro atoms. The van der Waals surface area contributed by atoms with Gasteiger partial charge in [-0.2, -0.15) is 16.8 Å². The van der Waals surface area contributed by atoms with Gasteiger partial charge in [-0.3, -0.25) is 9.11 Å². The summed E-state index contributed by atoms with van der Waals surface area (Å²) in [5, 5.41) is 0. The predicted molar refractivity (Wildman–Crippen MR) is 124 cm³/mol. The van der Waals surface area contributed by atoms with Crippen molar-refractivity contribution in [3.05, 3.63) is 78.4 Å². The van der Waals surface area contributed by atoms with Crippen LogP contribution in [0.3, 0.4) is 0 Å². The molecule has 2 N–H and O–H groups in total. The standard InChI is InChI=1S/C22H17N3O9S2/c1-14-2-4-15(5-3-14)32-20-23-21(33-16-6-10-18(11-7-16)35(26,27)28)25-22(24-20)34-17-8-12-19(13-9-17)36(29,30)31/h2-13H,1H3,(H,26,27,28)(H,29,30,31). The van der Waals surface area contributed by atoms with E-state index in [-0.39, 0.29) is 39.3 Å². The van der Waals surface area contributed by atoms with Crippen LogP contribution < -0.4 is 14.2 Å². The zero-order valence-electron chi connectivity index (χ0n) is 18.3. The molecule has 0 aliphatic carbocycles. The lowest BCUT2D eigenvalue weighted by Crippen LogP contribution is -2.02. The topological polar surface area (TPSA) is 175 Å². The van der Waals surface area contributed by atoms with Gasteiger partial charge in [-0.25, -0.2) is 0 Å². The van der Waals surface area contributed by atoms with E-state index in [9.17, 15) is 16.8 Å². The Bertz CT molecular complexity index is 1490. The Labute approximate surface area is 205 Å².